The van der Waals surface area contributed by atoms with Crippen molar-refractivity contribution in [1.29, 1.82) is 0 Å². The third-order valence-electron chi connectivity index (χ3n) is 3.35. The maximum Gasteiger partial charge on any atom is 0.238 e. The molecule has 3 heteroatoms. The summed E-state index contributed by atoms with van der Waals surface area (Å²) in [6.07, 6.45) is 1.04. The summed E-state index contributed by atoms with van der Waals surface area (Å²) >= 11 is 0. The van der Waals surface area contributed by atoms with Gasteiger partial charge in [-0.15, -0.1) is 0 Å². The molecule has 2 N–H and O–H groups in total. The highest BCUT2D eigenvalue weighted by atomic mass is 16.1. The molecule has 0 fully saturated rings. The fourth-order valence-corrected chi connectivity index (χ4v) is 2.10. The molecule has 0 bridgehead atoms. The van der Waals surface area contributed by atoms with Gasteiger partial charge >= 0.3 is 0 Å². The van der Waals surface area contributed by atoms with E-state index in [2.05, 4.69) is 57.4 Å². The Balaban J connectivity index is 2.81. The summed E-state index contributed by atoms with van der Waals surface area (Å²) in [5.74, 6) is 0.925. The third-order valence-corrected chi connectivity index (χ3v) is 3.35. The smallest absolute Gasteiger partial charge is 0.238 e. The Labute approximate surface area is 123 Å². The number of rotatable bonds is 7. The van der Waals surface area contributed by atoms with E-state index < -0.39 is 0 Å². The Kier molecular flexibility index (Phi) is 6.73. The highest BCUT2D eigenvalue weighted by Crippen LogP contribution is 2.28. The van der Waals surface area contributed by atoms with Crippen LogP contribution < -0.4 is 10.6 Å². The maximum atomic E-state index is 11.9. The second kappa shape index (κ2) is 8.05. The van der Waals surface area contributed by atoms with E-state index in [9.17, 15) is 4.79 Å². The molecule has 0 radical (unpaired) electrons. The van der Waals surface area contributed by atoms with Crippen LogP contribution in [0, 0.1) is 0 Å². The van der Waals surface area contributed by atoms with Crippen LogP contribution in [0.4, 0.5) is 5.69 Å². The fraction of sp³-hybridized carbons (Fsp3) is 0.588. The second-order valence-corrected chi connectivity index (χ2v) is 5.88. The molecule has 1 amide bonds. The summed E-state index contributed by atoms with van der Waals surface area (Å²) in [6, 6.07) is 6.35. The number of hydrogen-bond donors (Lipinski definition) is 2. The van der Waals surface area contributed by atoms with Crippen LogP contribution in [0.25, 0.3) is 0 Å². The Morgan fingerprint density at radius 2 is 1.85 bits per heavy atom. The molecule has 0 unspecified atom stereocenters. The van der Waals surface area contributed by atoms with E-state index in [-0.39, 0.29) is 5.91 Å². The van der Waals surface area contributed by atoms with Gasteiger partial charge in [-0.3, -0.25) is 4.79 Å². The van der Waals surface area contributed by atoms with Crippen molar-refractivity contribution < 1.29 is 4.79 Å². The first kappa shape index (κ1) is 16.7. The molecule has 0 heterocycles. The van der Waals surface area contributed by atoms with Crippen molar-refractivity contribution in [2.45, 2.75) is 52.9 Å². The first-order valence-electron chi connectivity index (χ1n) is 7.60. The molecule has 0 aliphatic heterocycles. The minimum atomic E-state index is 0.0256. The zero-order valence-corrected chi connectivity index (χ0v) is 13.4. The molecule has 0 saturated carbocycles. The average Bonchev–Trinajstić information content (AvgIpc) is 2.38. The van der Waals surface area contributed by atoms with Crippen LogP contribution in [0.2, 0.25) is 0 Å². The van der Waals surface area contributed by atoms with Crippen LogP contribution in [0.3, 0.4) is 0 Å². The average molecular weight is 276 g/mol. The molecular formula is C17H28N2O. The molecule has 0 spiro atoms. The summed E-state index contributed by atoms with van der Waals surface area (Å²) in [5, 5.41) is 6.14. The molecule has 0 aliphatic carbocycles. The van der Waals surface area contributed by atoms with E-state index in [4.69, 9.17) is 0 Å². The maximum absolute atomic E-state index is 11.9. The number of benzene rings is 1. The number of hydrogen-bond acceptors (Lipinski definition) is 2. The lowest BCUT2D eigenvalue weighted by Gasteiger charge is -2.17. The molecule has 20 heavy (non-hydrogen) atoms. The number of amides is 1. The van der Waals surface area contributed by atoms with Gasteiger partial charge in [-0.25, -0.2) is 0 Å². The van der Waals surface area contributed by atoms with E-state index in [1.165, 1.54) is 11.1 Å². The van der Waals surface area contributed by atoms with Gasteiger partial charge in [-0.2, -0.15) is 0 Å². The standard InChI is InChI=1S/C17H28N2O/c1-6-9-18-11-17(20)19-16-8-7-14(12(2)3)10-15(16)13(4)5/h7-8,10,12-13,18H,6,9,11H2,1-5H3,(H,19,20). The molecule has 0 saturated heterocycles. The lowest BCUT2D eigenvalue weighted by atomic mass is 9.94. The summed E-state index contributed by atoms with van der Waals surface area (Å²) in [4.78, 5) is 11.9. The van der Waals surface area contributed by atoms with E-state index in [0.29, 0.717) is 18.4 Å². The quantitative estimate of drug-likeness (QED) is 0.742. The predicted molar refractivity (Wildman–Crippen MR) is 86.4 cm³/mol. The lowest BCUT2D eigenvalue weighted by molar-refractivity contribution is -0.115. The van der Waals surface area contributed by atoms with Crippen molar-refractivity contribution in [2.24, 2.45) is 0 Å². The summed E-state index contributed by atoms with van der Waals surface area (Å²) in [5.41, 5.74) is 3.46. The van der Waals surface area contributed by atoms with E-state index >= 15 is 0 Å². The van der Waals surface area contributed by atoms with E-state index in [1.807, 2.05) is 6.07 Å². The lowest BCUT2D eigenvalue weighted by Crippen LogP contribution is -2.28. The highest BCUT2D eigenvalue weighted by Gasteiger charge is 2.11. The molecule has 3 nitrogen and oxygen atoms in total. The van der Waals surface area contributed by atoms with Gasteiger partial charge in [0.05, 0.1) is 6.54 Å². The van der Waals surface area contributed by atoms with Gasteiger partial charge in [0.2, 0.25) is 5.91 Å². The van der Waals surface area contributed by atoms with Crippen molar-refractivity contribution in [3.8, 4) is 0 Å². The zero-order chi connectivity index (χ0) is 15.1. The SMILES string of the molecule is CCCNCC(=O)Nc1ccc(C(C)C)cc1C(C)C. The van der Waals surface area contributed by atoms with Crippen LogP contribution in [0.15, 0.2) is 18.2 Å². The zero-order valence-electron chi connectivity index (χ0n) is 13.4. The van der Waals surface area contributed by atoms with Crippen molar-refractivity contribution in [2.75, 3.05) is 18.4 Å². The molecule has 0 atom stereocenters. The minimum Gasteiger partial charge on any atom is -0.325 e. The van der Waals surface area contributed by atoms with Gasteiger partial charge in [0.1, 0.15) is 0 Å². The van der Waals surface area contributed by atoms with Crippen LogP contribution in [0.1, 0.15) is 64.0 Å². The van der Waals surface area contributed by atoms with Crippen LogP contribution >= 0.6 is 0 Å². The van der Waals surface area contributed by atoms with Crippen molar-refractivity contribution in [1.82, 2.24) is 5.32 Å². The second-order valence-electron chi connectivity index (χ2n) is 5.88. The monoisotopic (exact) mass is 276 g/mol. The van der Waals surface area contributed by atoms with Gasteiger partial charge in [0.25, 0.3) is 0 Å². The van der Waals surface area contributed by atoms with Crippen molar-refractivity contribution in [3.05, 3.63) is 29.3 Å². The molecule has 1 rings (SSSR count). The molecule has 112 valence electrons. The Morgan fingerprint density at radius 3 is 2.40 bits per heavy atom. The topological polar surface area (TPSA) is 41.1 Å². The van der Waals surface area contributed by atoms with Crippen LogP contribution in [-0.4, -0.2) is 19.0 Å². The van der Waals surface area contributed by atoms with Gasteiger partial charge in [0.15, 0.2) is 0 Å². The van der Waals surface area contributed by atoms with Crippen molar-refractivity contribution in [3.63, 3.8) is 0 Å². The predicted octanol–water partition coefficient (Wildman–Crippen LogP) is 3.87. The van der Waals surface area contributed by atoms with Crippen LogP contribution in [-0.2, 0) is 4.79 Å². The third kappa shape index (κ3) is 4.97. The van der Waals surface area contributed by atoms with Crippen molar-refractivity contribution >= 4 is 11.6 Å². The number of nitrogens with one attached hydrogen (secondary N) is 2. The summed E-state index contributed by atoms with van der Waals surface area (Å²) in [6.45, 7) is 12.0. The Bertz CT molecular complexity index is 439. The van der Waals surface area contributed by atoms with E-state index in [1.54, 1.807) is 0 Å². The fourth-order valence-electron chi connectivity index (χ4n) is 2.10. The molecular weight excluding hydrogens is 248 g/mol. The van der Waals surface area contributed by atoms with Gasteiger partial charge in [-0.05, 0) is 42.0 Å². The first-order chi connectivity index (χ1) is 9.45. The molecule has 1 aromatic carbocycles. The Morgan fingerprint density at radius 1 is 1.15 bits per heavy atom. The number of anilines is 1. The first-order valence-corrected chi connectivity index (χ1v) is 7.60. The van der Waals surface area contributed by atoms with Crippen LogP contribution in [0.5, 0.6) is 0 Å². The van der Waals surface area contributed by atoms with Gasteiger partial charge in [0, 0.05) is 5.69 Å². The largest absolute Gasteiger partial charge is 0.325 e. The van der Waals surface area contributed by atoms with E-state index in [0.717, 1.165) is 18.7 Å². The highest BCUT2D eigenvalue weighted by molar-refractivity contribution is 5.93. The molecule has 0 aromatic heterocycles. The van der Waals surface area contributed by atoms with Gasteiger partial charge < -0.3 is 10.6 Å². The summed E-state index contributed by atoms with van der Waals surface area (Å²) in [7, 11) is 0. The Hall–Kier alpha value is -1.35. The molecule has 1 aromatic rings. The van der Waals surface area contributed by atoms with Gasteiger partial charge in [-0.1, -0.05) is 46.8 Å². The minimum absolute atomic E-state index is 0.0256. The summed E-state index contributed by atoms with van der Waals surface area (Å²) < 4.78 is 0. The normalized spacial score (nSPS) is 11.2. The number of carbonyl (C=O) groups is 1. The molecule has 0 aliphatic rings. The number of carbonyl (C=O) groups excluding carboxylic acids is 1.